The molecule has 0 aromatic carbocycles. The molecule has 1 atom stereocenters. The van der Waals surface area contributed by atoms with E-state index in [1.54, 1.807) is 0 Å². The zero-order valence-corrected chi connectivity index (χ0v) is 27.5. The van der Waals surface area contributed by atoms with E-state index < -0.39 is 32.5 Å². The summed E-state index contributed by atoms with van der Waals surface area (Å²) in [5.41, 5.74) is 0. The quantitative estimate of drug-likeness (QED) is 0.0291. The van der Waals surface area contributed by atoms with Gasteiger partial charge in [0.1, 0.15) is 6.61 Å². The highest BCUT2D eigenvalue weighted by atomic mass is 31.2. The van der Waals surface area contributed by atoms with E-state index in [0.717, 1.165) is 64.2 Å². The number of carbonyl (C=O) groups is 2. The number of phosphoric acid groups is 1. The Kier molecular flexibility index (Phi) is 28.2. The van der Waals surface area contributed by atoms with Gasteiger partial charge < -0.3 is 19.3 Å². The summed E-state index contributed by atoms with van der Waals surface area (Å²) in [5.74, 6) is -0.951. The van der Waals surface area contributed by atoms with E-state index in [1.165, 1.54) is 19.3 Å². The summed E-state index contributed by atoms with van der Waals surface area (Å²) in [5, 5.41) is 0. The Balaban J connectivity index is 4.15. The summed E-state index contributed by atoms with van der Waals surface area (Å²) >= 11 is 0. The molecule has 0 saturated heterocycles. The van der Waals surface area contributed by atoms with E-state index in [-0.39, 0.29) is 19.4 Å². The van der Waals surface area contributed by atoms with Crippen molar-refractivity contribution < 1.29 is 37.9 Å². The van der Waals surface area contributed by atoms with Gasteiger partial charge in [-0.25, -0.2) is 4.57 Å². The average Bonchev–Trinajstić information content (AvgIpc) is 2.97. The lowest BCUT2D eigenvalue weighted by Crippen LogP contribution is -2.29. The summed E-state index contributed by atoms with van der Waals surface area (Å²) in [6, 6.07) is 0. The molecule has 0 bridgehead atoms. The third-order valence-corrected chi connectivity index (χ3v) is 6.85. The van der Waals surface area contributed by atoms with Gasteiger partial charge in [0.15, 0.2) is 6.10 Å². The molecule has 43 heavy (non-hydrogen) atoms. The van der Waals surface area contributed by atoms with Gasteiger partial charge in [-0.15, -0.1) is 0 Å². The molecule has 0 spiro atoms. The van der Waals surface area contributed by atoms with Crippen LogP contribution in [-0.2, 0) is 28.2 Å². The number of allylic oxidation sites excluding steroid dienone is 10. The number of hydrogen-bond donors (Lipinski definition) is 2. The summed E-state index contributed by atoms with van der Waals surface area (Å²) in [4.78, 5) is 42.4. The molecule has 0 aromatic rings. The first-order chi connectivity index (χ1) is 20.8. The molecule has 0 aliphatic heterocycles. The molecule has 1 unspecified atom stereocenters. The number of unbranched alkanes of at least 4 members (excludes halogenated alkanes) is 11. The molecule has 0 radical (unpaired) electrons. The minimum Gasteiger partial charge on any atom is -0.462 e. The third kappa shape index (κ3) is 32.5. The lowest BCUT2D eigenvalue weighted by Gasteiger charge is -2.18. The molecule has 0 heterocycles. The Morgan fingerprint density at radius 3 is 1.77 bits per heavy atom. The lowest BCUT2D eigenvalue weighted by atomic mass is 10.1. The normalized spacial score (nSPS) is 13.3. The maximum atomic E-state index is 12.3. The molecule has 9 heteroatoms. The van der Waals surface area contributed by atoms with Crippen LogP contribution in [0.15, 0.2) is 60.8 Å². The standard InChI is InChI=1S/C34H57O8P/c1-3-5-7-9-11-13-15-17-19-21-23-25-27-29-34(36)42-32(31-41-43(37,38)39)30-40-33(35)28-26-24-22-20-18-16-14-12-10-8-6-4-2/h5,7,9,11-15,17,19,32H,3-4,6,8,10,16,18,20-31H2,1-2H3,(H2,37,38,39)/b7-5+,11-9+,14-12+,15-13+,19-17+. The second kappa shape index (κ2) is 29.8. The highest BCUT2D eigenvalue weighted by Gasteiger charge is 2.22. The van der Waals surface area contributed by atoms with Crippen LogP contribution in [0.4, 0.5) is 0 Å². The van der Waals surface area contributed by atoms with Crippen molar-refractivity contribution >= 4 is 19.8 Å². The second-order valence-electron chi connectivity index (χ2n) is 10.5. The van der Waals surface area contributed by atoms with Crippen molar-refractivity contribution in [1.29, 1.82) is 0 Å². The van der Waals surface area contributed by atoms with E-state index in [0.29, 0.717) is 12.8 Å². The Morgan fingerprint density at radius 1 is 0.628 bits per heavy atom. The van der Waals surface area contributed by atoms with Crippen molar-refractivity contribution in [3.8, 4) is 0 Å². The van der Waals surface area contributed by atoms with Gasteiger partial charge in [0.05, 0.1) is 6.61 Å². The van der Waals surface area contributed by atoms with Crippen LogP contribution >= 0.6 is 7.82 Å². The van der Waals surface area contributed by atoms with Crippen LogP contribution in [0.2, 0.25) is 0 Å². The topological polar surface area (TPSA) is 119 Å². The maximum Gasteiger partial charge on any atom is 0.469 e. The van der Waals surface area contributed by atoms with Gasteiger partial charge in [-0.2, -0.15) is 0 Å². The smallest absolute Gasteiger partial charge is 0.462 e. The van der Waals surface area contributed by atoms with Gasteiger partial charge >= 0.3 is 19.8 Å². The van der Waals surface area contributed by atoms with E-state index in [9.17, 15) is 14.2 Å². The molecule has 0 saturated carbocycles. The van der Waals surface area contributed by atoms with E-state index in [1.807, 2.05) is 36.5 Å². The van der Waals surface area contributed by atoms with Crippen LogP contribution in [0.25, 0.3) is 0 Å². The van der Waals surface area contributed by atoms with Crippen molar-refractivity contribution in [1.82, 2.24) is 0 Å². The van der Waals surface area contributed by atoms with Crippen LogP contribution in [0.5, 0.6) is 0 Å². The minimum atomic E-state index is -4.76. The van der Waals surface area contributed by atoms with Crippen LogP contribution in [0.1, 0.15) is 123 Å². The zero-order chi connectivity index (χ0) is 31.9. The van der Waals surface area contributed by atoms with Crippen molar-refractivity contribution in [2.45, 2.75) is 129 Å². The van der Waals surface area contributed by atoms with Crippen LogP contribution in [0.3, 0.4) is 0 Å². The van der Waals surface area contributed by atoms with Gasteiger partial charge in [-0.3, -0.25) is 14.1 Å². The van der Waals surface area contributed by atoms with Crippen LogP contribution in [-0.4, -0.2) is 41.0 Å². The highest BCUT2D eigenvalue weighted by molar-refractivity contribution is 7.46. The van der Waals surface area contributed by atoms with Gasteiger partial charge in [0.2, 0.25) is 0 Å². The fourth-order valence-electron chi connectivity index (χ4n) is 3.96. The molecular weight excluding hydrogens is 567 g/mol. The first kappa shape index (κ1) is 40.8. The first-order valence-corrected chi connectivity index (χ1v) is 17.7. The first-order valence-electron chi connectivity index (χ1n) is 16.1. The van der Waals surface area contributed by atoms with E-state index in [4.69, 9.17) is 19.3 Å². The SMILES string of the molecule is CC/C=C/C=C/C=C/C=C/CCCCCC(=O)OC(COC(=O)CCCCCCC/C=C/CCCCC)COP(=O)(O)O. The van der Waals surface area contributed by atoms with Gasteiger partial charge in [-0.1, -0.05) is 113 Å². The molecular formula is C34H57O8P. The Labute approximate surface area is 260 Å². The monoisotopic (exact) mass is 624 g/mol. The fourth-order valence-corrected chi connectivity index (χ4v) is 4.32. The van der Waals surface area contributed by atoms with Gasteiger partial charge in [0, 0.05) is 12.8 Å². The third-order valence-electron chi connectivity index (χ3n) is 6.36. The lowest BCUT2D eigenvalue weighted by molar-refractivity contribution is -0.161. The van der Waals surface area contributed by atoms with Crippen molar-refractivity contribution in [3.05, 3.63) is 60.8 Å². The summed E-state index contributed by atoms with van der Waals surface area (Å²) in [6.07, 6.45) is 35.2. The molecule has 8 nitrogen and oxygen atoms in total. The number of phosphoric ester groups is 1. The van der Waals surface area contributed by atoms with Crippen molar-refractivity contribution in [2.75, 3.05) is 13.2 Å². The summed E-state index contributed by atoms with van der Waals surface area (Å²) in [6.45, 7) is 3.43. The largest absolute Gasteiger partial charge is 0.469 e. The van der Waals surface area contributed by atoms with E-state index in [2.05, 4.69) is 42.7 Å². The molecule has 0 fully saturated rings. The molecule has 0 amide bonds. The number of carbonyl (C=O) groups excluding carboxylic acids is 2. The van der Waals surface area contributed by atoms with Crippen LogP contribution in [0, 0.1) is 0 Å². The molecule has 0 aliphatic carbocycles. The van der Waals surface area contributed by atoms with Gasteiger partial charge in [-0.05, 0) is 57.8 Å². The fraction of sp³-hybridized carbons (Fsp3) is 0.647. The summed E-state index contributed by atoms with van der Waals surface area (Å²) in [7, 11) is -4.76. The predicted octanol–water partition coefficient (Wildman–Crippen LogP) is 9.00. The Hall–Kier alpha value is -2.25. The maximum absolute atomic E-state index is 12.3. The molecule has 2 N–H and O–H groups in total. The molecule has 0 aromatic heterocycles. The number of esters is 2. The Morgan fingerprint density at radius 2 is 1.14 bits per heavy atom. The number of hydrogen-bond acceptors (Lipinski definition) is 6. The van der Waals surface area contributed by atoms with Crippen molar-refractivity contribution in [3.63, 3.8) is 0 Å². The second-order valence-corrected chi connectivity index (χ2v) is 11.7. The highest BCUT2D eigenvalue weighted by Crippen LogP contribution is 2.35. The van der Waals surface area contributed by atoms with Gasteiger partial charge in [0.25, 0.3) is 0 Å². The van der Waals surface area contributed by atoms with Crippen molar-refractivity contribution in [2.24, 2.45) is 0 Å². The average molecular weight is 625 g/mol. The molecule has 0 aliphatic rings. The van der Waals surface area contributed by atoms with Crippen LogP contribution < -0.4 is 0 Å². The Bertz CT molecular complexity index is 885. The van der Waals surface area contributed by atoms with E-state index >= 15 is 0 Å². The number of ether oxygens (including phenoxy) is 2. The predicted molar refractivity (Wildman–Crippen MR) is 174 cm³/mol. The minimum absolute atomic E-state index is 0.161. The zero-order valence-electron chi connectivity index (χ0n) is 26.6. The molecule has 0 rings (SSSR count). The molecule has 246 valence electrons. The summed E-state index contributed by atoms with van der Waals surface area (Å²) < 4.78 is 26.1. The number of rotatable bonds is 28.